The summed E-state index contributed by atoms with van der Waals surface area (Å²) in [4.78, 5) is 25.7. The first-order valence-corrected chi connectivity index (χ1v) is 11.8. The van der Waals surface area contributed by atoms with Crippen molar-refractivity contribution in [3.63, 3.8) is 0 Å². The molecule has 0 bridgehead atoms. The number of nitrogens with zero attached hydrogens (tertiary/aromatic N) is 2. The van der Waals surface area contributed by atoms with Crippen molar-refractivity contribution in [3.8, 4) is 5.75 Å². The van der Waals surface area contributed by atoms with Crippen LogP contribution in [0.25, 0.3) is 5.57 Å². The summed E-state index contributed by atoms with van der Waals surface area (Å²) in [6.07, 6.45) is 2.70. The fourth-order valence-electron chi connectivity index (χ4n) is 3.63. The van der Waals surface area contributed by atoms with Crippen molar-refractivity contribution in [2.45, 2.75) is 11.3 Å². The number of fused-ring (bicyclic) bond motifs is 1. The molecule has 4 rings (SSSR count). The zero-order valence-corrected chi connectivity index (χ0v) is 18.9. The summed E-state index contributed by atoms with van der Waals surface area (Å²) in [5.41, 5.74) is 2.60. The third-order valence-corrected chi connectivity index (χ3v) is 7.69. The lowest BCUT2D eigenvalue weighted by molar-refractivity contribution is -0.130. The monoisotopic (exact) mass is 475 g/mol. The normalized spacial score (nSPS) is 16.2. The van der Waals surface area contributed by atoms with E-state index < -0.39 is 10.0 Å². The molecule has 0 radical (unpaired) electrons. The molecule has 0 saturated heterocycles. The van der Waals surface area contributed by atoms with E-state index in [1.807, 2.05) is 36.4 Å². The van der Waals surface area contributed by atoms with Crippen LogP contribution in [0.3, 0.4) is 0 Å². The number of halogens is 1. The number of rotatable bonds is 5. The molecule has 32 heavy (non-hydrogen) atoms. The van der Waals surface area contributed by atoms with Crippen LogP contribution in [0.4, 0.5) is 5.69 Å². The van der Waals surface area contributed by atoms with Gasteiger partial charge in [-0.05, 0) is 23.6 Å². The molecule has 2 aliphatic heterocycles. The van der Waals surface area contributed by atoms with Crippen molar-refractivity contribution >= 4 is 44.7 Å². The Balaban J connectivity index is 1.45. The Labute approximate surface area is 191 Å². The van der Waals surface area contributed by atoms with E-state index in [4.69, 9.17) is 16.3 Å². The van der Waals surface area contributed by atoms with Gasteiger partial charge in [-0.15, -0.1) is 0 Å². The second-order valence-corrected chi connectivity index (χ2v) is 9.98. The fourth-order valence-corrected chi connectivity index (χ4v) is 5.27. The van der Waals surface area contributed by atoms with Crippen molar-refractivity contribution in [1.29, 1.82) is 0 Å². The predicted molar refractivity (Wildman–Crippen MR) is 121 cm³/mol. The quantitative estimate of drug-likeness (QED) is 0.717. The largest absolute Gasteiger partial charge is 0.482 e. The number of amides is 2. The molecule has 0 saturated carbocycles. The first kappa shape index (κ1) is 22.3. The highest BCUT2D eigenvalue weighted by Gasteiger charge is 2.30. The van der Waals surface area contributed by atoms with Gasteiger partial charge in [-0.1, -0.05) is 48.0 Å². The maximum atomic E-state index is 13.1. The van der Waals surface area contributed by atoms with Crippen LogP contribution in [-0.2, 0) is 19.6 Å². The number of hydrogen-bond donors (Lipinski definition) is 1. The Hall–Kier alpha value is -2.88. The van der Waals surface area contributed by atoms with Crippen molar-refractivity contribution in [2.75, 3.05) is 38.6 Å². The highest BCUT2D eigenvalue weighted by molar-refractivity contribution is 7.89. The highest BCUT2D eigenvalue weighted by atomic mass is 35.5. The molecule has 168 valence electrons. The van der Waals surface area contributed by atoms with Crippen LogP contribution in [0.1, 0.15) is 12.0 Å². The second kappa shape index (κ2) is 8.93. The third kappa shape index (κ3) is 4.50. The first-order valence-electron chi connectivity index (χ1n) is 10.0. The number of anilines is 1. The SMILES string of the molecule is CN(CC(=O)N1CC=C(c2ccccc2)CC1)S(=O)(=O)c1cc2c(cc1Cl)NC(=O)CO2. The molecule has 8 nitrogen and oxygen atoms in total. The van der Waals surface area contributed by atoms with Gasteiger partial charge < -0.3 is 15.0 Å². The summed E-state index contributed by atoms with van der Waals surface area (Å²) in [5.74, 6) is -0.433. The van der Waals surface area contributed by atoms with Gasteiger partial charge in [0.2, 0.25) is 15.9 Å². The van der Waals surface area contributed by atoms with Gasteiger partial charge in [-0.25, -0.2) is 8.42 Å². The molecule has 2 heterocycles. The smallest absolute Gasteiger partial charge is 0.262 e. The van der Waals surface area contributed by atoms with Gasteiger partial charge in [0.05, 0.1) is 17.3 Å². The number of ether oxygens (including phenoxy) is 1. The molecule has 2 aromatic rings. The molecule has 0 spiro atoms. The summed E-state index contributed by atoms with van der Waals surface area (Å²) in [6, 6.07) is 12.6. The number of benzene rings is 2. The van der Waals surface area contributed by atoms with E-state index in [0.29, 0.717) is 25.2 Å². The molecule has 0 aliphatic carbocycles. The van der Waals surface area contributed by atoms with E-state index >= 15 is 0 Å². The second-order valence-electron chi connectivity index (χ2n) is 7.56. The lowest BCUT2D eigenvalue weighted by Gasteiger charge is -2.28. The molecule has 2 amide bonds. The van der Waals surface area contributed by atoms with Crippen LogP contribution < -0.4 is 10.1 Å². The fraction of sp³-hybridized carbons (Fsp3) is 0.273. The van der Waals surface area contributed by atoms with Gasteiger partial charge in [-0.3, -0.25) is 9.59 Å². The molecule has 2 aromatic carbocycles. The summed E-state index contributed by atoms with van der Waals surface area (Å²) in [6.45, 7) is 0.405. The minimum Gasteiger partial charge on any atom is -0.482 e. The predicted octanol–water partition coefficient (Wildman–Crippen LogP) is 2.61. The molecular weight excluding hydrogens is 454 g/mol. The summed E-state index contributed by atoms with van der Waals surface area (Å²) in [7, 11) is -2.72. The van der Waals surface area contributed by atoms with Crippen LogP contribution in [0.5, 0.6) is 5.75 Å². The standard InChI is InChI=1S/C22H22ClN3O5S/c1-25(13-22(28)26-9-7-16(8-10-26)15-5-3-2-4-6-15)32(29,30)20-12-19-18(11-17(20)23)24-21(27)14-31-19/h2-7,11-12H,8-10,13-14H2,1H3,(H,24,27). The van der Waals surface area contributed by atoms with Gasteiger partial charge in [-0.2, -0.15) is 4.31 Å². The van der Waals surface area contributed by atoms with Crippen LogP contribution in [-0.4, -0.2) is 62.7 Å². The Morgan fingerprint density at radius 3 is 2.69 bits per heavy atom. The van der Waals surface area contributed by atoms with Gasteiger partial charge in [0.1, 0.15) is 10.6 Å². The maximum absolute atomic E-state index is 13.1. The summed E-state index contributed by atoms with van der Waals surface area (Å²) < 4.78 is 32.4. The first-order chi connectivity index (χ1) is 15.3. The average Bonchev–Trinajstić information content (AvgIpc) is 2.79. The minimum atomic E-state index is -4.06. The summed E-state index contributed by atoms with van der Waals surface area (Å²) in [5, 5.41) is 2.51. The van der Waals surface area contributed by atoms with Crippen LogP contribution in [0.15, 0.2) is 53.4 Å². The molecular formula is C22H22ClN3O5S. The number of hydrogen-bond acceptors (Lipinski definition) is 5. The third-order valence-electron chi connectivity index (χ3n) is 5.42. The van der Waals surface area contributed by atoms with Crippen LogP contribution in [0.2, 0.25) is 5.02 Å². The number of likely N-dealkylation sites (N-methyl/N-ethyl adjacent to an activating group) is 1. The molecule has 0 unspecified atom stereocenters. The lowest BCUT2D eigenvalue weighted by Crippen LogP contribution is -2.42. The van der Waals surface area contributed by atoms with E-state index in [1.54, 1.807) is 4.90 Å². The zero-order chi connectivity index (χ0) is 22.9. The van der Waals surface area contributed by atoms with E-state index in [9.17, 15) is 18.0 Å². The highest BCUT2D eigenvalue weighted by Crippen LogP contribution is 2.36. The molecule has 0 fully saturated rings. The van der Waals surface area contributed by atoms with Gasteiger partial charge in [0.25, 0.3) is 5.91 Å². The Bertz CT molecular complexity index is 1200. The van der Waals surface area contributed by atoms with Crippen LogP contribution in [0, 0.1) is 0 Å². The summed E-state index contributed by atoms with van der Waals surface area (Å²) >= 11 is 6.18. The maximum Gasteiger partial charge on any atom is 0.262 e. The molecule has 10 heteroatoms. The number of carbonyl (C=O) groups excluding carboxylic acids is 2. The number of nitrogens with one attached hydrogen (secondary N) is 1. The Morgan fingerprint density at radius 2 is 2.00 bits per heavy atom. The van der Waals surface area contributed by atoms with E-state index in [-0.39, 0.29) is 40.6 Å². The molecule has 0 atom stereocenters. The topological polar surface area (TPSA) is 96.0 Å². The van der Waals surface area contributed by atoms with Crippen molar-refractivity contribution in [3.05, 3.63) is 59.1 Å². The van der Waals surface area contributed by atoms with Gasteiger partial charge in [0.15, 0.2) is 6.61 Å². The van der Waals surface area contributed by atoms with E-state index in [2.05, 4.69) is 5.32 Å². The molecule has 1 N–H and O–H groups in total. The molecule has 0 aromatic heterocycles. The lowest BCUT2D eigenvalue weighted by atomic mass is 9.99. The van der Waals surface area contributed by atoms with Gasteiger partial charge in [0, 0.05) is 26.2 Å². The Morgan fingerprint density at radius 1 is 1.25 bits per heavy atom. The van der Waals surface area contributed by atoms with E-state index in [0.717, 1.165) is 9.87 Å². The van der Waals surface area contributed by atoms with Crippen molar-refractivity contribution < 1.29 is 22.7 Å². The van der Waals surface area contributed by atoms with Gasteiger partial charge >= 0.3 is 0 Å². The molecule has 2 aliphatic rings. The number of carbonyl (C=O) groups is 2. The van der Waals surface area contributed by atoms with Crippen molar-refractivity contribution in [1.82, 2.24) is 9.21 Å². The van der Waals surface area contributed by atoms with E-state index in [1.165, 1.54) is 24.8 Å². The Kier molecular flexibility index (Phi) is 6.23. The van der Waals surface area contributed by atoms with Crippen LogP contribution >= 0.6 is 11.6 Å². The number of sulfonamides is 1. The average molecular weight is 476 g/mol. The minimum absolute atomic E-state index is 0.0674. The zero-order valence-electron chi connectivity index (χ0n) is 17.4. The van der Waals surface area contributed by atoms with Crippen molar-refractivity contribution in [2.24, 2.45) is 0 Å².